The predicted molar refractivity (Wildman–Crippen MR) is 112 cm³/mol. The van der Waals surface area contributed by atoms with Gasteiger partial charge in [-0.3, -0.25) is 4.99 Å². The van der Waals surface area contributed by atoms with E-state index < -0.39 is 14.6 Å². The van der Waals surface area contributed by atoms with Gasteiger partial charge in [-0.15, -0.1) is 0 Å². The molecular weight excluding hydrogens is 374 g/mol. The fraction of sp³-hybridized carbons (Fsp3) is 0.591. The molecule has 3 rings (SSSR count). The Morgan fingerprint density at radius 3 is 2.79 bits per heavy atom. The standard InChI is InChI=1S/C22H31NO4S/c1-16-7-6-8-18(11-16)28(24,25)22(4)9-10-27-19(13-22)17-12-20(23-14-17)21(2,3)15-26-5/h6-8,11-12,19H,9-10,13-15H2,1-5H3. The molecule has 154 valence electrons. The fourth-order valence-electron chi connectivity index (χ4n) is 4.00. The van der Waals surface area contributed by atoms with E-state index in [0.29, 0.717) is 37.5 Å². The van der Waals surface area contributed by atoms with Gasteiger partial charge < -0.3 is 9.47 Å². The molecule has 2 atom stereocenters. The van der Waals surface area contributed by atoms with Gasteiger partial charge in [0.1, 0.15) is 0 Å². The van der Waals surface area contributed by atoms with E-state index in [1.165, 1.54) is 0 Å². The lowest BCUT2D eigenvalue weighted by atomic mass is 9.86. The van der Waals surface area contributed by atoms with Crippen molar-refractivity contribution in [1.29, 1.82) is 0 Å². The summed E-state index contributed by atoms with van der Waals surface area (Å²) in [5, 5.41) is 0. The number of ether oxygens (including phenoxy) is 2. The summed E-state index contributed by atoms with van der Waals surface area (Å²) in [5.41, 5.74) is 2.82. The van der Waals surface area contributed by atoms with Crippen LogP contribution in [0.4, 0.5) is 0 Å². The second-order valence-electron chi connectivity index (χ2n) is 8.82. The number of aryl methyl sites for hydroxylation is 1. The fourth-order valence-corrected chi connectivity index (χ4v) is 5.89. The number of aliphatic imine (C=N–C) groups is 1. The van der Waals surface area contributed by atoms with Crippen LogP contribution in [-0.4, -0.2) is 51.8 Å². The molecule has 0 spiro atoms. The van der Waals surface area contributed by atoms with Gasteiger partial charge >= 0.3 is 0 Å². The zero-order valence-electron chi connectivity index (χ0n) is 17.5. The summed E-state index contributed by atoms with van der Waals surface area (Å²) in [4.78, 5) is 5.07. The van der Waals surface area contributed by atoms with E-state index in [4.69, 9.17) is 9.47 Å². The van der Waals surface area contributed by atoms with E-state index in [9.17, 15) is 8.42 Å². The van der Waals surface area contributed by atoms with E-state index in [1.807, 2.05) is 19.9 Å². The van der Waals surface area contributed by atoms with Crippen LogP contribution in [0.1, 0.15) is 39.2 Å². The van der Waals surface area contributed by atoms with Gasteiger partial charge in [-0.25, -0.2) is 8.42 Å². The van der Waals surface area contributed by atoms with Crippen LogP contribution in [0, 0.1) is 12.3 Å². The van der Waals surface area contributed by atoms with Gasteiger partial charge in [0.25, 0.3) is 0 Å². The number of allylic oxidation sites excluding steroid dienone is 1. The van der Waals surface area contributed by atoms with E-state index in [2.05, 4.69) is 24.9 Å². The molecule has 2 aliphatic heterocycles. The Labute approximate surface area is 168 Å². The molecule has 6 heteroatoms. The van der Waals surface area contributed by atoms with Crippen molar-refractivity contribution < 1.29 is 17.9 Å². The van der Waals surface area contributed by atoms with E-state index in [0.717, 1.165) is 16.8 Å². The smallest absolute Gasteiger partial charge is 0.184 e. The summed E-state index contributed by atoms with van der Waals surface area (Å²) >= 11 is 0. The number of nitrogens with zero attached hydrogens (tertiary/aromatic N) is 1. The molecule has 0 bridgehead atoms. The van der Waals surface area contributed by atoms with Crippen molar-refractivity contribution >= 4 is 15.5 Å². The molecule has 2 unspecified atom stereocenters. The molecule has 0 saturated carbocycles. The Balaban J connectivity index is 1.83. The van der Waals surface area contributed by atoms with Crippen LogP contribution in [0.25, 0.3) is 0 Å². The monoisotopic (exact) mass is 405 g/mol. The van der Waals surface area contributed by atoms with Crippen molar-refractivity contribution in [2.75, 3.05) is 26.9 Å². The first-order valence-corrected chi connectivity index (χ1v) is 11.2. The Morgan fingerprint density at radius 1 is 1.36 bits per heavy atom. The van der Waals surface area contributed by atoms with Gasteiger partial charge in [0.15, 0.2) is 9.84 Å². The summed E-state index contributed by atoms with van der Waals surface area (Å²) in [6.45, 7) is 9.55. The van der Waals surface area contributed by atoms with Crippen molar-refractivity contribution in [3.8, 4) is 0 Å². The highest BCUT2D eigenvalue weighted by Crippen LogP contribution is 2.39. The van der Waals surface area contributed by atoms with Gasteiger partial charge in [0.2, 0.25) is 0 Å². The summed E-state index contributed by atoms with van der Waals surface area (Å²) in [6, 6.07) is 7.17. The predicted octanol–water partition coefficient (Wildman–Crippen LogP) is 3.76. The Hall–Kier alpha value is -1.50. The maximum atomic E-state index is 13.4. The highest BCUT2D eigenvalue weighted by atomic mass is 32.2. The molecule has 0 amide bonds. The van der Waals surface area contributed by atoms with E-state index in [1.54, 1.807) is 25.3 Å². The largest absolute Gasteiger partial charge is 0.384 e. The molecule has 1 saturated heterocycles. The number of rotatable bonds is 6. The van der Waals surface area contributed by atoms with Crippen molar-refractivity contribution in [1.82, 2.24) is 0 Å². The highest BCUT2D eigenvalue weighted by Gasteiger charge is 2.46. The zero-order valence-corrected chi connectivity index (χ0v) is 18.3. The molecule has 2 aliphatic rings. The summed E-state index contributed by atoms with van der Waals surface area (Å²) < 4.78 is 37.3. The van der Waals surface area contributed by atoms with Crippen LogP contribution >= 0.6 is 0 Å². The van der Waals surface area contributed by atoms with Gasteiger partial charge in [0.05, 0.1) is 28.9 Å². The Bertz CT molecular complexity index is 901. The third-order valence-electron chi connectivity index (χ3n) is 5.88. The molecule has 1 fully saturated rings. The Morgan fingerprint density at radius 2 is 2.11 bits per heavy atom. The van der Waals surface area contributed by atoms with Gasteiger partial charge in [-0.2, -0.15) is 0 Å². The molecule has 0 radical (unpaired) electrons. The van der Waals surface area contributed by atoms with Crippen LogP contribution in [0.15, 0.2) is 45.8 Å². The highest BCUT2D eigenvalue weighted by molar-refractivity contribution is 7.92. The molecular formula is C22H31NO4S. The molecule has 1 aromatic carbocycles. The van der Waals surface area contributed by atoms with Gasteiger partial charge in [-0.1, -0.05) is 26.0 Å². The average Bonchev–Trinajstić information content (AvgIpc) is 3.13. The minimum absolute atomic E-state index is 0.178. The number of sulfone groups is 1. The first kappa shape index (κ1) is 21.2. The second kappa shape index (κ2) is 7.73. The maximum Gasteiger partial charge on any atom is 0.184 e. The minimum Gasteiger partial charge on any atom is -0.384 e. The van der Waals surface area contributed by atoms with Crippen molar-refractivity contribution in [2.24, 2.45) is 10.4 Å². The van der Waals surface area contributed by atoms with Gasteiger partial charge in [-0.05, 0) is 56.0 Å². The third kappa shape index (κ3) is 3.95. The molecule has 0 N–H and O–H groups in total. The van der Waals surface area contributed by atoms with Crippen LogP contribution in [0.2, 0.25) is 0 Å². The second-order valence-corrected chi connectivity index (χ2v) is 11.3. The number of hydrogen-bond donors (Lipinski definition) is 0. The van der Waals surface area contributed by atoms with Crippen LogP contribution in [-0.2, 0) is 19.3 Å². The SMILES string of the molecule is COCC(C)(C)C1=NCC(C2CC(C)(S(=O)(=O)c3cccc(C)c3)CCO2)=C1. The lowest BCUT2D eigenvalue weighted by molar-refractivity contribution is 0.0236. The lowest BCUT2D eigenvalue weighted by Gasteiger charge is -2.38. The lowest BCUT2D eigenvalue weighted by Crippen LogP contribution is -2.45. The summed E-state index contributed by atoms with van der Waals surface area (Å²) in [6.07, 6.45) is 2.80. The number of benzene rings is 1. The molecule has 0 aliphatic carbocycles. The van der Waals surface area contributed by atoms with Crippen LogP contribution in [0.5, 0.6) is 0 Å². The average molecular weight is 406 g/mol. The summed E-state index contributed by atoms with van der Waals surface area (Å²) in [7, 11) is -1.77. The van der Waals surface area contributed by atoms with Crippen LogP contribution < -0.4 is 0 Å². The summed E-state index contributed by atoms with van der Waals surface area (Å²) in [5.74, 6) is 0. The zero-order chi connectivity index (χ0) is 20.6. The Kier molecular flexibility index (Phi) is 5.86. The van der Waals surface area contributed by atoms with Crippen LogP contribution in [0.3, 0.4) is 0 Å². The number of methoxy groups -OCH3 is 1. The third-order valence-corrected chi connectivity index (χ3v) is 8.42. The van der Waals surface area contributed by atoms with E-state index in [-0.39, 0.29) is 11.5 Å². The van der Waals surface area contributed by atoms with E-state index >= 15 is 0 Å². The molecule has 2 heterocycles. The first-order valence-electron chi connectivity index (χ1n) is 9.76. The van der Waals surface area contributed by atoms with Crippen molar-refractivity contribution in [2.45, 2.75) is 56.3 Å². The number of hydrogen-bond acceptors (Lipinski definition) is 5. The minimum atomic E-state index is -3.46. The topological polar surface area (TPSA) is 65.0 Å². The molecule has 28 heavy (non-hydrogen) atoms. The normalized spacial score (nSPS) is 26.1. The molecule has 1 aromatic rings. The maximum absolute atomic E-state index is 13.4. The van der Waals surface area contributed by atoms with Crippen molar-refractivity contribution in [3.05, 3.63) is 41.5 Å². The quantitative estimate of drug-likeness (QED) is 0.723. The molecule has 0 aromatic heterocycles. The first-order chi connectivity index (χ1) is 13.1. The van der Waals surface area contributed by atoms with Crippen molar-refractivity contribution in [3.63, 3.8) is 0 Å². The van der Waals surface area contributed by atoms with Gasteiger partial charge in [0, 0.05) is 24.8 Å². The molecule has 5 nitrogen and oxygen atoms in total.